The van der Waals surface area contributed by atoms with Crippen molar-refractivity contribution in [2.24, 2.45) is 0 Å². The van der Waals surface area contributed by atoms with Crippen LogP contribution in [0.1, 0.15) is 39.7 Å². The smallest absolute Gasteiger partial charge is 0.264 e. The predicted octanol–water partition coefficient (Wildman–Crippen LogP) is 5.92. The quantitative estimate of drug-likeness (QED) is 0.287. The largest absolute Gasteiger partial charge is 0.497 e. The van der Waals surface area contributed by atoms with E-state index in [2.05, 4.69) is 5.32 Å². The molecule has 11 heteroatoms. The average molecular weight is 621 g/mol. The number of halogens is 2. The molecule has 41 heavy (non-hydrogen) atoms. The van der Waals surface area contributed by atoms with E-state index in [1.165, 1.54) is 35.2 Å². The summed E-state index contributed by atoms with van der Waals surface area (Å²) < 4.78 is 34.0. The number of nitrogens with one attached hydrogen (secondary N) is 1. The minimum absolute atomic E-state index is 0.0249. The van der Waals surface area contributed by atoms with Crippen molar-refractivity contribution < 1.29 is 22.7 Å². The van der Waals surface area contributed by atoms with Gasteiger partial charge in [0, 0.05) is 17.1 Å². The standard InChI is InChI=1S/C30H35Cl2N3O5S/c1-6-26(29(37)33-30(2,3)4)34(19-21-12-15-23(40-5)16-13-21)28(36)20-35(27-18-22(31)14-17-25(27)32)41(38,39)24-10-8-7-9-11-24/h7-18,26H,6,19-20H2,1-5H3,(H,33,37). The summed E-state index contributed by atoms with van der Waals surface area (Å²) >= 11 is 12.7. The first kappa shape index (κ1) is 32.2. The third kappa shape index (κ3) is 8.38. The van der Waals surface area contributed by atoms with E-state index in [4.69, 9.17) is 27.9 Å². The summed E-state index contributed by atoms with van der Waals surface area (Å²) in [6.45, 7) is 6.79. The maximum absolute atomic E-state index is 14.1. The van der Waals surface area contributed by atoms with Gasteiger partial charge in [-0.2, -0.15) is 0 Å². The fraction of sp³-hybridized carbons (Fsp3) is 0.333. The van der Waals surface area contributed by atoms with Gasteiger partial charge in [-0.1, -0.05) is 60.5 Å². The molecule has 0 radical (unpaired) electrons. The molecule has 1 unspecified atom stereocenters. The van der Waals surface area contributed by atoms with Crippen molar-refractivity contribution in [1.82, 2.24) is 10.2 Å². The van der Waals surface area contributed by atoms with Crippen LogP contribution in [0, 0.1) is 0 Å². The Morgan fingerprint density at radius 1 is 0.976 bits per heavy atom. The molecule has 0 aromatic heterocycles. The second-order valence-electron chi connectivity index (χ2n) is 10.5. The first-order chi connectivity index (χ1) is 19.3. The van der Waals surface area contributed by atoms with Crippen LogP contribution in [-0.4, -0.2) is 50.4 Å². The van der Waals surface area contributed by atoms with Crippen molar-refractivity contribution in [3.8, 4) is 5.75 Å². The molecular weight excluding hydrogens is 585 g/mol. The third-order valence-corrected chi connectivity index (χ3v) is 8.51. The molecule has 1 N–H and O–H groups in total. The second kappa shape index (κ2) is 13.6. The van der Waals surface area contributed by atoms with Gasteiger partial charge in [0.05, 0.1) is 22.7 Å². The van der Waals surface area contributed by atoms with Crippen LogP contribution in [0.5, 0.6) is 5.75 Å². The highest BCUT2D eigenvalue weighted by molar-refractivity contribution is 7.92. The molecule has 0 heterocycles. The lowest BCUT2D eigenvalue weighted by Crippen LogP contribution is -2.55. The van der Waals surface area contributed by atoms with E-state index in [1.807, 2.05) is 20.8 Å². The molecule has 8 nitrogen and oxygen atoms in total. The zero-order valence-corrected chi connectivity index (χ0v) is 26.1. The fourth-order valence-electron chi connectivity index (χ4n) is 4.21. The molecule has 0 fully saturated rings. The van der Waals surface area contributed by atoms with Gasteiger partial charge in [-0.05, 0) is 75.2 Å². The number of nitrogens with zero attached hydrogens (tertiary/aromatic N) is 2. The van der Waals surface area contributed by atoms with Crippen molar-refractivity contribution in [3.05, 3.63) is 88.4 Å². The average Bonchev–Trinajstić information content (AvgIpc) is 2.92. The lowest BCUT2D eigenvalue weighted by Gasteiger charge is -2.35. The Morgan fingerprint density at radius 2 is 1.61 bits per heavy atom. The highest BCUT2D eigenvalue weighted by Gasteiger charge is 2.35. The minimum atomic E-state index is -4.26. The van der Waals surface area contributed by atoms with Crippen LogP contribution in [0.4, 0.5) is 5.69 Å². The summed E-state index contributed by atoms with van der Waals surface area (Å²) in [5.41, 5.74) is 0.239. The number of anilines is 1. The first-order valence-electron chi connectivity index (χ1n) is 13.0. The molecule has 220 valence electrons. The van der Waals surface area contributed by atoms with E-state index in [0.29, 0.717) is 12.2 Å². The molecule has 0 saturated heterocycles. The number of sulfonamides is 1. The first-order valence-corrected chi connectivity index (χ1v) is 15.2. The number of carbonyl (C=O) groups is 2. The Hall–Kier alpha value is -3.27. The van der Waals surface area contributed by atoms with Gasteiger partial charge >= 0.3 is 0 Å². The Labute approximate surface area is 252 Å². The predicted molar refractivity (Wildman–Crippen MR) is 163 cm³/mol. The third-order valence-electron chi connectivity index (χ3n) is 6.18. The summed E-state index contributed by atoms with van der Waals surface area (Å²) in [6.07, 6.45) is 0.299. The van der Waals surface area contributed by atoms with E-state index in [0.717, 1.165) is 9.87 Å². The summed E-state index contributed by atoms with van der Waals surface area (Å²) in [7, 11) is -2.71. The molecule has 0 spiro atoms. The Bertz CT molecular complexity index is 1460. The zero-order valence-electron chi connectivity index (χ0n) is 23.7. The van der Waals surface area contributed by atoms with Gasteiger partial charge < -0.3 is 15.0 Å². The number of hydrogen-bond donors (Lipinski definition) is 1. The SMILES string of the molecule is CCC(C(=O)NC(C)(C)C)N(Cc1ccc(OC)cc1)C(=O)CN(c1cc(Cl)ccc1Cl)S(=O)(=O)c1ccccc1. The zero-order chi connectivity index (χ0) is 30.4. The van der Waals surface area contributed by atoms with Crippen LogP contribution < -0.4 is 14.4 Å². The van der Waals surface area contributed by atoms with Crippen molar-refractivity contribution in [3.63, 3.8) is 0 Å². The Morgan fingerprint density at radius 3 is 2.17 bits per heavy atom. The van der Waals surface area contributed by atoms with Crippen LogP contribution in [0.15, 0.2) is 77.7 Å². The van der Waals surface area contributed by atoms with Crippen LogP contribution in [-0.2, 0) is 26.2 Å². The molecule has 3 rings (SSSR count). The minimum Gasteiger partial charge on any atom is -0.497 e. The lowest BCUT2D eigenvalue weighted by atomic mass is 10.1. The fourth-order valence-corrected chi connectivity index (χ4v) is 6.09. The number of amides is 2. The Kier molecular flexibility index (Phi) is 10.7. The number of benzene rings is 3. The topological polar surface area (TPSA) is 96.0 Å². The molecule has 0 aliphatic rings. The van der Waals surface area contributed by atoms with Gasteiger partial charge in [0.15, 0.2) is 0 Å². The molecule has 3 aromatic rings. The van der Waals surface area contributed by atoms with Crippen molar-refractivity contribution >= 4 is 50.7 Å². The van der Waals surface area contributed by atoms with Crippen LogP contribution in [0.3, 0.4) is 0 Å². The summed E-state index contributed by atoms with van der Waals surface area (Å²) in [5.74, 6) is -0.299. The van der Waals surface area contributed by atoms with Gasteiger partial charge in [-0.25, -0.2) is 8.42 Å². The van der Waals surface area contributed by atoms with E-state index in [-0.39, 0.29) is 33.1 Å². The molecule has 0 aliphatic carbocycles. The summed E-state index contributed by atoms with van der Waals surface area (Å²) in [5, 5.41) is 3.29. The number of carbonyl (C=O) groups excluding carboxylic acids is 2. The molecular formula is C30H35Cl2N3O5S. The molecule has 3 aromatic carbocycles. The number of hydrogen-bond acceptors (Lipinski definition) is 5. The van der Waals surface area contributed by atoms with Gasteiger partial charge in [0.1, 0.15) is 18.3 Å². The monoisotopic (exact) mass is 619 g/mol. The Balaban J connectivity index is 2.10. The van der Waals surface area contributed by atoms with Crippen LogP contribution >= 0.6 is 23.2 Å². The maximum atomic E-state index is 14.1. The molecule has 2 amide bonds. The van der Waals surface area contributed by atoms with Crippen molar-refractivity contribution in [1.29, 1.82) is 0 Å². The molecule has 1 atom stereocenters. The molecule has 0 aliphatic heterocycles. The van der Waals surface area contributed by atoms with Crippen LogP contribution in [0.2, 0.25) is 10.0 Å². The highest BCUT2D eigenvalue weighted by Crippen LogP contribution is 2.33. The number of methoxy groups -OCH3 is 1. The van der Waals surface area contributed by atoms with E-state index < -0.39 is 34.1 Å². The second-order valence-corrected chi connectivity index (χ2v) is 13.2. The van der Waals surface area contributed by atoms with Crippen molar-refractivity contribution in [2.45, 2.75) is 57.1 Å². The molecule has 0 saturated carbocycles. The summed E-state index contributed by atoms with van der Waals surface area (Å²) in [6, 6.07) is 18.4. The number of ether oxygens (including phenoxy) is 1. The summed E-state index contributed by atoms with van der Waals surface area (Å²) in [4.78, 5) is 28.9. The highest BCUT2D eigenvalue weighted by atomic mass is 35.5. The van der Waals surface area contributed by atoms with Crippen molar-refractivity contribution in [2.75, 3.05) is 18.0 Å². The van der Waals surface area contributed by atoms with Gasteiger partial charge in [0.2, 0.25) is 11.8 Å². The normalized spacial score (nSPS) is 12.4. The van der Waals surface area contributed by atoms with E-state index in [1.54, 1.807) is 56.5 Å². The van der Waals surface area contributed by atoms with Gasteiger partial charge in [-0.15, -0.1) is 0 Å². The van der Waals surface area contributed by atoms with E-state index >= 15 is 0 Å². The van der Waals surface area contributed by atoms with E-state index in [9.17, 15) is 18.0 Å². The lowest BCUT2D eigenvalue weighted by molar-refractivity contribution is -0.141. The van der Waals surface area contributed by atoms with Gasteiger partial charge in [0.25, 0.3) is 10.0 Å². The number of rotatable bonds is 11. The molecule has 0 bridgehead atoms. The van der Waals surface area contributed by atoms with Gasteiger partial charge in [-0.3, -0.25) is 13.9 Å². The van der Waals surface area contributed by atoms with Crippen LogP contribution in [0.25, 0.3) is 0 Å². The maximum Gasteiger partial charge on any atom is 0.264 e.